The van der Waals surface area contributed by atoms with Crippen LogP contribution in [0, 0.1) is 6.92 Å². The molecule has 1 atom stereocenters. The number of ether oxygens (including phenoxy) is 2. The van der Waals surface area contributed by atoms with Crippen molar-refractivity contribution in [2.24, 2.45) is 0 Å². The number of nitrogens with zero attached hydrogens (tertiary/aromatic N) is 1. The summed E-state index contributed by atoms with van der Waals surface area (Å²) in [5.74, 6) is 1.06. The summed E-state index contributed by atoms with van der Waals surface area (Å²) < 4.78 is 12.7. The van der Waals surface area contributed by atoms with Crippen LogP contribution < -0.4 is 4.74 Å². The van der Waals surface area contributed by atoms with E-state index in [0.717, 1.165) is 21.3 Å². The lowest BCUT2D eigenvalue weighted by Crippen LogP contribution is -2.42. The van der Waals surface area contributed by atoms with Gasteiger partial charge in [-0.05, 0) is 42.7 Å². The summed E-state index contributed by atoms with van der Waals surface area (Å²) in [5.41, 5.74) is 2.22. The van der Waals surface area contributed by atoms with Crippen molar-refractivity contribution >= 4 is 21.8 Å². The van der Waals surface area contributed by atoms with E-state index >= 15 is 0 Å². The number of hydrogen-bond acceptors (Lipinski definition) is 3. The van der Waals surface area contributed by atoms with Crippen LogP contribution in [0.1, 0.15) is 30.1 Å². The van der Waals surface area contributed by atoms with Crippen LogP contribution >= 0.6 is 15.9 Å². The van der Waals surface area contributed by atoms with Crippen LogP contribution in [0.5, 0.6) is 5.75 Å². The van der Waals surface area contributed by atoms with Gasteiger partial charge in [-0.1, -0.05) is 46.3 Å². The summed E-state index contributed by atoms with van der Waals surface area (Å²) in [7, 11) is 0. The van der Waals surface area contributed by atoms with E-state index in [1.807, 2.05) is 60.4 Å². The second-order valence-corrected chi connectivity index (χ2v) is 7.38. The first-order valence-corrected chi connectivity index (χ1v) is 9.76. The molecule has 1 aliphatic rings. The number of halogens is 1. The van der Waals surface area contributed by atoms with Gasteiger partial charge in [0.05, 0.1) is 19.8 Å². The van der Waals surface area contributed by atoms with E-state index in [4.69, 9.17) is 9.47 Å². The quantitative estimate of drug-likeness (QED) is 0.648. The van der Waals surface area contributed by atoms with Gasteiger partial charge in [0.25, 0.3) is 0 Å². The first-order chi connectivity index (χ1) is 12.6. The summed E-state index contributed by atoms with van der Waals surface area (Å²) in [4.78, 5) is 14.4. The summed E-state index contributed by atoms with van der Waals surface area (Å²) in [5, 5.41) is 0. The lowest BCUT2D eigenvalue weighted by atomic mass is 10.1. The topological polar surface area (TPSA) is 38.8 Å². The second kappa shape index (κ2) is 9.19. The van der Waals surface area contributed by atoms with E-state index in [9.17, 15) is 4.79 Å². The van der Waals surface area contributed by atoms with Gasteiger partial charge < -0.3 is 14.4 Å². The number of benzene rings is 2. The largest absolute Gasteiger partial charge is 0.493 e. The number of hydrogen-bond donors (Lipinski definition) is 0. The maximum atomic E-state index is 12.5. The van der Waals surface area contributed by atoms with Crippen molar-refractivity contribution < 1.29 is 14.3 Å². The third kappa shape index (κ3) is 5.08. The standard InChI is InChI=1S/C21H24BrNO3/c1-16-5-2-3-6-19(16)25-13-4-7-21(24)23-12-14-26-20(15-23)17-8-10-18(22)11-9-17/h2-3,5-6,8-11,20H,4,7,12-15H2,1H3. The highest BCUT2D eigenvalue weighted by Crippen LogP contribution is 2.24. The van der Waals surface area contributed by atoms with Gasteiger partial charge in [0, 0.05) is 17.4 Å². The van der Waals surface area contributed by atoms with E-state index in [1.165, 1.54) is 0 Å². The molecular weight excluding hydrogens is 394 g/mol. The summed E-state index contributed by atoms with van der Waals surface area (Å²) in [6.07, 6.45) is 1.16. The molecule has 4 nitrogen and oxygen atoms in total. The van der Waals surface area contributed by atoms with Crippen molar-refractivity contribution in [3.63, 3.8) is 0 Å². The van der Waals surface area contributed by atoms with Gasteiger partial charge >= 0.3 is 0 Å². The Hall–Kier alpha value is -1.85. The van der Waals surface area contributed by atoms with Gasteiger partial charge in [-0.25, -0.2) is 0 Å². The van der Waals surface area contributed by atoms with Crippen LogP contribution in [0.15, 0.2) is 53.0 Å². The fraction of sp³-hybridized carbons (Fsp3) is 0.381. The van der Waals surface area contributed by atoms with Crippen LogP contribution in [0.3, 0.4) is 0 Å². The van der Waals surface area contributed by atoms with Crippen molar-refractivity contribution in [3.8, 4) is 5.75 Å². The number of morpholine rings is 1. The van der Waals surface area contributed by atoms with Crippen molar-refractivity contribution in [1.29, 1.82) is 0 Å². The minimum atomic E-state index is -0.0518. The molecule has 5 heteroatoms. The molecular formula is C21H24BrNO3. The van der Waals surface area contributed by atoms with Crippen LogP contribution in [0.25, 0.3) is 0 Å². The van der Waals surface area contributed by atoms with Gasteiger partial charge in [-0.3, -0.25) is 4.79 Å². The number of carbonyl (C=O) groups excluding carboxylic acids is 1. The van der Waals surface area contributed by atoms with Gasteiger partial charge in [0.15, 0.2) is 0 Å². The van der Waals surface area contributed by atoms with Gasteiger partial charge in [0.2, 0.25) is 5.91 Å². The Morgan fingerprint density at radius 3 is 2.77 bits per heavy atom. The number of amides is 1. The van der Waals surface area contributed by atoms with Gasteiger partial charge in [0.1, 0.15) is 11.9 Å². The highest BCUT2D eigenvalue weighted by Gasteiger charge is 2.25. The molecule has 0 aromatic heterocycles. The molecule has 138 valence electrons. The summed E-state index contributed by atoms with van der Waals surface area (Å²) in [6.45, 7) is 4.42. The van der Waals surface area contributed by atoms with E-state index in [2.05, 4.69) is 15.9 Å². The monoisotopic (exact) mass is 417 g/mol. The zero-order valence-corrected chi connectivity index (χ0v) is 16.6. The second-order valence-electron chi connectivity index (χ2n) is 6.47. The molecule has 26 heavy (non-hydrogen) atoms. The van der Waals surface area contributed by atoms with Crippen LogP contribution in [-0.2, 0) is 9.53 Å². The van der Waals surface area contributed by atoms with Crippen molar-refractivity contribution in [3.05, 3.63) is 64.1 Å². The zero-order chi connectivity index (χ0) is 18.4. The molecule has 1 unspecified atom stereocenters. The lowest BCUT2D eigenvalue weighted by Gasteiger charge is -2.33. The summed E-state index contributed by atoms with van der Waals surface area (Å²) >= 11 is 3.44. The molecule has 0 spiro atoms. The van der Waals surface area contributed by atoms with Gasteiger partial charge in [-0.2, -0.15) is 0 Å². The van der Waals surface area contributed by atoms with Crippen molar-refractivity contribution in [2.75, 3.05) is 26.3 Å². The SMILES string of the molecule is Cc1ccccc1OCCCC(=O)N1CCOC(c2ccc(Br)cc2)C1. The molecule has 0 N–H and O–H groups in total. The highest BCUT2D eigenvalue weighted by atomic mass is 79.9. The average molecular weight is 418 g/mol. The molecule has 3 rings (SSSR count). The molecule has 1 aliphatic heterocycles. The Bertz CT molecular complexity index is 732. The fourth-order valence-electron chi connectivity index (χ4n) is 3.04. The molecule has 0 saturated carbocycles. The predicted molar refractivity (Wildman–Crippen MR) is 105 cm³/mol. The molecule has 2 aromatic rings. The van der Waals surface area contributed by atoms with Crippen molar-refractivity contribution in [2.45, 2.75) is 25.9 Å². The third-order valence-electron chi connectivity index (χ3n) is 4.55. The van der Waals surface area contributed by atoms with Crippen LogP contribution in [-0.4, -0.2) is 37.1 Å². The zero-order valence-electron chi connectivity index (χ0n) is 15.0. The van der Waals surface area contributed by atoms with E-state index in [0.29, 0.717) is 39.1 Å². The first-order valence-electron chi connectivity index (χ1n) is 8.97. The molecule has 0 bridgehead atoms. The van der Waals surface area contributed by atoms with E-state index < -0.39 is 0 Å². The smallest absolute Gasteiger partial charge is 0.222 e. The van der Waals surface area contributed by atoms with Crippen LogP contribution in [0.4, 0.5) is 0 Å². The number of carbonyl (C=O) groups is 1. The molecule has 2 aromatic carbocycles. The van der Waals surface area contributed by atoms with Crippen LogP contribution in [0.2, 0.25) is 0 Å². The molecule has 0 aliphatic carbocycles. The Kier molecular flexibility index (Phi) is 6.69. The molecule has 1 amide bonds. The third-order valence-corrected chi connectivity index (χ3v) is 5.08. The Labute approximate surface area is 163 Å². The maximum absolute atomic E-state index is 12.5. The average Bonchev–Trinajstić information content (AvgIpc) is 2.67. The highest BCUT2D eigenvalue weighted by molar-refractivity contribution is 9.10. The lowest BCUT2D eigenvalue weighted by molar-refractivity contribution is -0.139. The molecule has 1 saturated heterocycles. The van der Waals surface area contributed by atoms with E-state index in [-0.39, 0.29) is 12.0 Å². The number of aryl methyl sites for hydroxylation is 1. The minimum Gasteiger partial charge on any atom is -0.493 e. The fourth-order valence-corrected chi connectivity index (χ4v) is 3.30. The van der Waals surface area contributed by atoms with E-state index in [1.54, 1.807) is 0 Å². The molecule has 1 fully saturated rings. The summed E-state index contributed by atoms with van der Waals surface area (Å²) in [6, 6.07) is 16.0. The Morgan fingerprint density at radius 1 is 1.23 bits per heavy atom. The molecule has 0 radical (unpaired) electrons. The van der Waals surface area contributed by atoms with Crippen molar-refractivity contribution in [1.82, 2.24) is 4.90 Å². The first kappa shape index (κ1) is 18.9. The number of rotatable bonds is 6. The van der Waals surface area contributed by atoms with Gasteiger partial charge in [-0.15, -0.1) is 0 Å². The Balaban J connectivity index is 1.45. The minimum absolute atomic E-state index is 0.0518. The predicted octanol–water partition coefficient (Wildman–Crippen LogP) is 4.52. The Morgan fingerprint density at radius 2 is 2.00 bits per heavy atom. The maximum Gasteiger partial charge on any atom is 0.222 e. The molecule has 1 heterocycles. The number of para-hydroxylation sites is 1. The normalized spacial score (nSPS) is 17.2.